The summed E-state index contributed by atoms with van der Waals surface area (Å²) in [6.45, 7) is 3.93. The van der Waals surface area contributed by atoms with Gasteiger partial charge in [0.2, 0.25) is 0 Å². The van der Waals surface area contributed by atoms with Crippen LogP contribution >= 0.6 is 0 Å². The second-order valence-electron chi connectivity index (χ2n) is 5.46. The first-order chi connectivity index (χ1) is 10.5. The van der Waals surface area contributed by atoms with E-state index in [2.05, 4.69) is 9.97 Å². The highest BCUT2D eigenvalue weighted by molar-refractivity contribution is 5.58. The maximum atomic E-state index is 13.3. The average molecular weight is 296 g/mol. The lowest BCUT2D eigenvalue weighted by Gasteiger charge is -2.12. The van der Waals surface area contributed by atoms with Gasteiger partial charge >= 0.3 is 0 Å². The van der Waals surface area contributed by atoms with E-state index in [0.717, 1.165) is 16.7 Å². The van der Waals surface area contributed by atoms with Crippen molar-refractivity contribution in [3.63, 3.8) is 0 Å². The van der Waals surface area contributed by atoms with Crippen molar-refractivity contribution in [2.24, 2.45) is 0 Å². The van der Waals surface area contributed by atoms with E-state index in [-0.39, 0.29) is 5.82 Å². The second-order valence-corrected chi connectivity index (χ2v) is 5.46. The fourth-order valence-electron chi connectivity index (χ4n) is 2.48. The van der Waals surface area contributed by atoms with Gasteiger partial charge in [-0.1, -0.05) is 35.9 Å². The van der Waals surface area contributed by atoms with Crippen molar-refractivity contribution in [1.29, 1.82) is 0 Å². The normalized spacial score (nSPS) is 12.4. The molecule has 1 atom stereocenters. The van der Waals surface area contributed by atoms with E-state index in [4.69, 9.17) is 0 Å². The minimum absolute atomic E-state index is 0.302. The summed E-state index contributed by atoms with van der Waals surface area (Å²) in [5.74, 6) is 0.150. The number of benzene rings is 2. The summed E-state index contributed by atoms with van der Waals surface area (Å²) in [6.07, 6.45) is 0.778. The third kappa shape index (κ3) is 2.78. The monoisotopic (exact) mass is 296 g/mol. The number of aromatic nitrogens is 2. The van der Waals surface area contributed by atoms with Gasteiger partial charge in [0, 0.05) is 5.56 Å². The zero-order valence-corrected chi connectivity index (χ0v) is 12.5. The van der Waals surface area contributed by atoms with Crippen LogP contribution in [0.25, 0.3) is 11.3 Å². The summed E-state index contributed by atoms with van der Waals surface area (Å²) >= 11 is 0. The number of aliphatic hydroxyl groups is 1. The highest BCUT2D eigenvalue weighted by Crippen LogP contribution is 2.26. The maximum Gasteiger partial charge on any atom is 0.140 e. The van der Waals surface area contributed by atoms with E-state index in [1.54, 1.807) is 18.3 Å². The molecular formula is C18H17FN2O. The summed E-state index contributed by atoms with van der Waals surface area (Å²) in [5, 5.41) is 10.5. The highest BCUT2D eigenvalue weighted by Gasteiger charge is 2.17. The first-order valence-electron chi connectivity index (χ1n) is 7.10. The average Bonchev–Trinajstić information content (AvgIpc) is 2.99. The minimum atomic E-state index is -0.831. The van der Waals surface area contributed by atoms with Gasteiger partial charge in [-0.15, -0.1) is 0 Å². The molecule has 0 saturated heterocycles. The van der Waals surface area contributed by atoms with Gasteiger partial charge in [0.1, 0.15) is 17.7 Å². The Bertz CT molecular complexity index is 810. The van der Waals surface area contributed by atoms with E-state index in [0.29, 0.717) is 17.1 Å². The Labute approximate surface area is 128 Å². The van der Waals surface area contributed by atoms with Gasteiger partial charge in [-0.3, -0.25) is 0 Å². The molecule has 0 fully saturated rings. The Morgan fingerprint density at radius 2 is 1.95 bits per heavy atom. The van der Waals surface area contributed by atoms with Crippen molar-refractivity contribution in [2.45, 2.75) is 20.0 Å². The number of hydrogen-bond acceptors (Lipinski definition) is 2. The van der Waals surface area contributed by atoms with E-state index in [1.165, 1.54) is 12.1 Å². The number of halogens is 1. The standard InChI is InChI=1S/C18H17FN2O/c1-11-6-7-12(2)15(8-11)17(22)18-20-10-16(21-18)13-4-3-5-14(19)9-13/h3-10,17,22H,1-2H3,(H,20,21). The van der Waals surface area contributed by atoms with Gasteiger partial charge in [-0.2, -0.15) is 0 Å². The van der Waals surface area contributed by atoms with Crippen LogP contribution in [-0.2, 0) is 0 Å². The van der Waals surface area contributed by atoms with Crippen LogP contribution in [0, 0.1) is 19.7 Å². The van der Waals surface area contributed by atoms with E-state index in [1.807, 2.05) is 32.0 Å². The molecule has 2 N–H and O–H groups in total. The molecule has 3 nitrogen and oxygen atoms in total. The number of aromatic amines is 1. The van der Waals surface area contributed by atoms with Crippen molar-refractivity contribution in [1.82, 2.24) is 9.97 Å². The predicted molar refractivity (Wildman–Crippen MR) is 84.0 cm³/mol. The number of hydrogen-bond donors (Lipinski definition) is 2. The molecule has 0 radical (unpaired) electrons. The van der Waals surface area contributed by atoms with Crippen LogP contribution < -0.4 is 0 Å². The number of aliphatic hydroxyl groups excluding tert-OH is 1. The molecule has 112 valence electrons. The molecule has 1 heterocycles. The van der Waals surface area contributed by atoms with Crippen LogP contribution in [0.5, 0.6) is 0 Å². The molecule has 2 aromatic carbocycles. The molecule has 0 spiro atoms. The summed E-state index contributed by atoms with van der Waals surface area (Å²) in [5.41, 5.74) is 4.28. The minimum Gasteiger partial charge on any atom is -0.380 e. The second kappa shape index (κ2) is 5.73. The van der Waals surface area contributed by atoms with Crippen LogP contribution in [0.1, 0.15) is 28.6 Å². The summed E-state index contributed by atoms with van der Waals surface area (Å²) in [6, 6.07) is 12.2. The Morgan fingerprint density at radius 3 is 2.73 bits per heavy atom. The molecule has 4 heteroatoms. The van der Waals surface area contributed by atoms with Gasteiger partial charge < -0.3 is 10.1 Å². The summed E-state index contributed by atoms with van der Waals surface area (Å²) < 4.78 is 13.3. The highest BCUT2D eigenvalue weighted by atomic mass is 19.1. The molecule has 0 saturated carbocycles. The Kier molecular flexibility index (Phi) is 3.77. The van der Waals surface area contributed by atoms with E-state index >= 15 is 0 Å². The SMILES string of the molecule is Cc1ccc(C)c(C(O)c2ncc(-c3cccc(F)c3)[nH]2)c1. The molecule has 22 heavy (non-hydrogen) atoms. The zero-order chi connectivity index (χ0) is 15.7. The Hall–Kier alpha value is -2.46. The molecule has 0 aliphatic heterocycles. The molecule has 3 rings (SSSR count). The molecule has 0 bridgehead atoms. The zero-order valence-electron chi connectivity index (χ0n) is 12.5. The Balaban J connectivity index is 1.95. The van der Waals surface area contributed by atoms with Gasteiger partial charge in [0.05, 0.1) is 11.9 Å². The third-order valence-corrected chi connectivity index (χ3v) is 3.72. The van der Waals surface area contributed by atoms with Crippen molar-refractivity contribution >= 4 is 0 Å². The predicted octanol–water partition coefficient (Wildman–Crippen LogP) is 3.91. The third-order valence-electron chi connectivity index (χ3n) is 3.72. The van der Waals surface area contributed by atoms with Crippen molar-refractivity contribution in [2.75, 3.05) is 0 Å². The topological polar surface area (TPSA) is 48.9 Å². The van der Waals surface area contributed by atoms with Gasteiger partial charge in [-0.05, 0) is 37.1 Å². The maximum absolute atomic E-state index is 13.3. The van der Waals surface area contributed by atoms with Crippen molar-refractivity contribution < 1.29 is 9.50 Å². The summed E-state index contributed by atoms with van der Waals surface area (Å²) in [4.78, 5) is 7.32. The Morgan fingerprint density at radius 1 is 1.14 bits per heavy atom. The lowest BCUT2D eigenvalue weighted by Crippen LogP contribution is -2.04. The number of rotatable bonds is 3. The van der Waals surface area contributed by atoms with Crippen LogP contribution in [0.15, 0.2) is 48.7 Å². The van der Waals surface area contributed by atoms with Crippen LogP contribution in [0.2, 0.25) is 0 Å². The first kappa shape index (κ1) is 14.5. The number of nitrogens with zero attached hydrogens (tertiary/aromatic N) is 1. The molecule has 3 aromatic rings. The van der Waals surface area contributed by atoms with Crippen LogP contribution in [-0.4, -0.2) is 15.1 Å². The van der Waals surface area contributed by atoms with Crippen LogP contribution in [0.4, 0.5) is 4.39 Å². The molecule has 1 unspecified atom stereocenters. The first-order valence-corrected chi connectivity index (χ1v) is 7.10. The fraction of sp³-hybridized carbons (Fsp3) is 0.167. The lowest BCUT2D eigenvalue weighted by atomic mass is 10.0. The van der Waals surface area contributed by atoms with Crippen LogP contribution in [0.3, 0.4) is 0 Å². The molecule has 0 amide bonds. The number of H-pyrrole nitrogens is 1. The fourth-order valence-corrected chi connectivity index (χ4v) is 2.48. The van der Waals surface area contributed by atoms with Gasteiger partial charge in [0.25, 0.3) is 0 Å². The molecule has 1 aromatic heterocycles. The van der Waals surface area contributed by atoms with Gasteiger partial charge in [-0.25, -0.2) is 9.37 Å². The van der Waals surface area contributed by atoms with Crippen molar-refractivity contribution in [3.05, 3.63) is 77.0 Å². The van der Waals surface area contributed by atoms with E-state index in [9.17, 15) is 9.50 Å². The molecular weight excluding hydrogens is 279 g/mol. The largest absolute Gasteiger partial charge is 0.380 e. The number of nitrogens with one attached hydrogen (secondary N) is 1. The molecule has 0 aliphatic rings. The van der Waals surface area contributed by atoms with Gasteiger partial charge in [0.15, 0.2) is 0 Å². The quantitative estimate of drug-likeness (QED) is 0.769. The molecule has 0 aliphatic carbocycles. The lowest BCUT2D eigenvalue weighted by molar-refractivity contribution is 0.210. The number of aryl methyl sites for hydroxylation is 2. The van der Waals surface area contributed by atoms with E-state index < -0.39 is 6.10 Å². The smallest absolute Gasteiger partial charge is 0.140 e. The number of imidazole rings is 1. The van der Waals surface area contributed by atoms with Crippen molar-refractivity contribution in [3.8, 4) is 11.3 Å². The summed E-state index contributed by atoms with van der Waals surface area (Å²) in [7, 11) is 0.